The molecule has 0 radical (unpaired) electrons. The first kappa shape index (κ1) is 14.3. The lowest BCUT2D eigenvalue weighted by molar-refractivity contribution is -0.137. The van der Waals surface area contributed by atoms with Crippen LogP contribution in [0.3, 0.4) is 0 Å². The van der Waals surface area contributed by atoms with Crippen molar-refractivity contribution in [2.24, 2.45) is 4.99 Å². The summed E-state index contributed by atoms with van der Waals surface area (Å²) in [5, 5.41) is -0.173. The van der Waals surface area contributed by atoms with E-state index in [4.69, 9.17) is 23.2 Å². The zero-order valence-corrected chi connectivity index (χ0v) is 10.5. The molecule has 0 amide bonds. The van der Waals surface area contributed by atoms with Crippen LogP contribution < -0.4 is 0 Å². The van der Waals surface area contributed by atoms with E-state index in [1.165, 1.54) is 0 Å². The second kappa shape index (κ2) is 5.23. The van der Waals surface area contributed by atoms with E-state index in [9.17, 15) is 13.2 Å². The van der Waals surface area contributed by atoms with Crippen LogP contribution in [0.25, 0.3) is 0 Å². The molecule has 0 bridgehead atoms. The second-order valence-electron chi connectivity index (χ2n) is 3.57. The molecule has 0 spiro atoms. The summed E-state index contributed by atoms with van der Waals surface area (Å²) in [7, 11) is 0. The van der Waals surface area contributed by atoms with Crippen molar-refractivity contribution in [3.05, 3.63) is 28.5 Å². The van der Waals surface area contributed by atoms with Crippen LogP contribution in [0.5, 0.6) is 0 Å². The Hall–Kier alpha value is -0.810. The van der Waals surface area contributed by atoms with E-state index in [0.29, 0.717) is 6.20 Å². The fraction of sp³-hybridized carbons (Fsp3) is 0.400. The molecule has 0 atom stereocenters. The highest BCUT2D eigenvalue weighted by molar-refractivity contribution is 6.70. The van der Waals surface area contributed by atoms with Crippen molar-refractivity contribution in [3.63, 3.8) is 0 Å². The molecule has 7 heteroatoms. The van der Waals surface area contributed by atoms with Crippen LogP contribution in [0.4, 0.5) is 13.2 Å². The van der Waals surface area contributed by atoms with Crippen molar-refractivity contribution < 1.29 is 13.2 Å². The average Bonchev–Trinajstić information content (AvgIpc) is 2.14. The van der Waals surface area contributed by atoms with Gasteiger partial charge in [-0.25, -0.2) is 0 Å². The summed E-state index contributed by atoms with van der Waals surface area (Å²) in [5.41, 5.74) is -0.865. The highest BCUT2D eigenvalue weighted by atomic mass is 35.5. The van der Waals surface area contributed by atoms with Crippen LogP contribution in [0.15, 0.2) is 17.3 Å². The molecule has 0 aliphatic carbocycles. The number of alkyl halides is 3. The second-order valence-corrected chi connectivity index (χ2v) is 4.33. The summed E-state index contributed by atoms with van der Waals surface area (Å²) in [6.45, 7) is 3.56. The van der Waals surface area contributed by atoms with Crippen molar-refractivity contribution >= 4 is 28.4 Å². The number of aliphatic imine (C=N–C) groups is 1. The van der Waals surface area contributed by atoms with Gasteiger partial charge in [0, 0.05) is 12.2 Å². The molecule has 2 nitrogen and oxygen atoms in total. The van der Waals surface area contributed by atoms with Gasteiger partial charge in [0.1, 0.15) is 5.69 Å². The third-order valence-corrected chi connectivity index (χ3v) is 2.30. The Labute approximate surface area is 106 Å². The number of hydrogen-bond acceptors (Lipinski definition) is 2. The Bertz CT molecular complexity index is 442. The van der Waals surface area contributed by atoms with Gasteiger partial charge in [-0.05, 0) is 19.9 Å². The monoisotopic (exact) mass is 284 g/mol. The minimum atomic E-state index is -4.48. The third kappa shape index (κ3) is 3.85. The molecule has 1 aromatic heterocycles. The van der Waals surface area contributed by atoms with Crippen LogP contribution in [-0.4, -0.2) is 16.2 Å². The van der Waals surface area contributed by atoms with Crippen LogP contribution in [-0.2, 0) is 6.18 Å². The van der Waals surface area contributed by atoms with Crippen LogP contribution in [0.1, 0.15) is 25.1 Å². The number of aromatic nitrogens is 1. The fourth-order valence-electron chi connectivity index (χ4n) is 1.03. The van der Waals surface area contributed by atoms with Gasteiger partial charge in [-0.1, -0.05) is 23.2 Å². The number of nitrogens with zero attached hydrogens (tertiary/aromatic N) is 2. The van der Waals surface area contributed by atoms with E-state index in [1.54, 1.807) is 13.8 Å². The van der Waals surface area contributed by atoms with Gasteiger partial charge in [-0.2, -0.15) is 13.2 Å². The summed E-state index contributed by atoms with van der Waals surface area (Å²) >= 11 is 11.5. The van der Waals surface area contributed by atoms with Crippen LogP contribution in [0, 0.1) is 0 Å². The molecule has 0 saturated heterocycles. The van der Waals surface area contributed by atoms with E-state index in [2.05, 4.69) is 9.98 Å². The molecule has 0 unspecified atom stereocenters. The minimum absolute atomic E-state index is 0.00118. The van der Waals surface area contributed by atoms with Crippen molar-refractivity contribution in [2.45, 2.75) is 26.1 Å². The van der Waals surface area contributed by atoms with Crippen LogP contribution >= 0.6 is 23.2 Å². The topological polar surface area (TPSA) is 25.2 Å². The number of halogens is 5. The minimum Gasteiger partial charge on any atom is -0.268 e. The first-order valence-corrected chi connectivity index (χ1v) is 5.44. The molecule has 0 aliphatic heterocycles. The predicted molar refractivity (Wildman–Crippen MR) is 61.8 cm³/mol. The first-order chi connectivity index (χ1) is 7.71. The van der Waals surface area contributed by atoms with Crippen molar-refractivity contribution in [3.8, 4) is 0 Å². The molecule has 1 rings (SSSR count). The molecular weight excluding hydrogens is 276 g/mol. The maximum Gasteiger partial charge on any atom is 0.417 e. The van der Waals surface area contributed by atoms with Gasteiger partial charge >= 0.3 is 6.18 Å². The van der Waals surface area contributed by atoms with Gasteiger partial charge in [0.05, 0.1) is 10.6 Å². The van der Waals surface area contributed by atoms with E-state index in [0.717, 1.165) is 6.07 Å². The predicted octanol–water partition coefficient (Wildman–Crippen LogP) is 4.15. The van der Waals surface area contributed by atoms with E-state index < -0.39 is 11.7 Å². The molecule has 17 heavy (non-hydrogen) atoms. The molecular formula is C10H9Cl2F3N2. The molecule has 0 aliphatic rings. The molecule has 0 saturated carbocycles. The van der Waals surface area contributed by atoms with Gasteiger partial charge in [-0.15, -0.1) is 0 Å². The summed E-state index contributed by atoms with van der Waals surface area (Å²) in [4.78, 5) is 7.54. The van der Waals surface area contributed by atoms with E-state index in [-0.39, 0.29) is 21.9 Å². The summed E-state index contributed by atoms with van der Waals surface area (Å²) in [6.07, 6.45) is -3.80. The summed E-state index contributed by atoms with van der Waals surface area (Å²) in [5.74, 6) is 0. The lowest BCUT2D eigenvalue weighted by Gasteiger charge is -2.08. The van der Waals surface area contributed by atoms with E-state index >= 15 is 0 Å². The van der Waals surface area contributed by atoms with Crippen LogP contribution in [0.2, 0.25) is 5.02 Å². The lowest BCUT2D eigenvalue weighted by Crippen LogP contribution is -2.08. The first-order valence-electron chi connectivity index (χ1n) is 4.68. The molecule has 1 heterocycles. The molecule has 0 aromatic carbocycles. The summed E-state index contributed by atoms with van der Waals surface area (Å²) < 4.78 is 37.0. The number of rotatable bonds is 2. The average molecular weight is 285 g/mol. The Morgan fingerprint density at radius 1 is 1.41 bits per heavy atom. The summed E-state index contributed by atoms with van der Waals surface area (Å²) in [6, 6.07) is 0.685. The number of pyridine rings is 1. The maximum atomic E-state index is 12.3. The van der Waals surface area contributed by atoms with E-state index in [1.807, 2.05) is 0 Å². The quantitative estimate of drug-likeness (QED) is 0.749. The fourth-order valence-corrected chi connectivity index (χ4v) is 1.68. The van der Waals surface area contributed by atoms with Crippen molar-refractivity contribution in [1.29, 1.82) is 0 Å². The van der Waals surface area contributed by atoms with Gasteiger partial charge in [0.2, 0.25) is 0 Å². The van der Waals surface area contributed by atoms with Crippen molar-refractivity contribution in [1.82, 2.24) is 4.98 Å². The smallest absolute Gasteiger partial charge is 0.268 e. The zero-order chi connectivity index (χ0) is 13.2. The third-order valence-electron chi connectivity index (χ3n) is 1.74. The van der Waals surface area contributed by atoms with Gasteiger partial charge in [-0.3, -0.25) is 9.98 Å². The molecule has 94 valence electrons. The SMILES string of the molecule is CC(C)N=C(Cl)c1ncc(C(F)(F)F)cc1Cl. The standard InChI is InChI=1S/C10H9Cl2F3N2/c1-5(2)17-9(12)8-7(11)3-6(4-16-8)10(13,14)15/h3-5H,1-2H3. The van der Waals surface area contributed by atoms with Crippen molar-refractivity contribution in [2.75, 3.05) is 0 Å². The Kier molecular flexibility index (Phi) is 4.38. The van der Waals surface area contributed by atoms with Gasteiger partial charge in [0.15, 0.2) is 5.17 Å². The van der Waals surface area contributed by atoms with Gasteiger partial charge < -0.3 is 0 Å². The Balaban J connectivity index is 3.15. The normalized spacial score (nSPS) is 13.3. The maximum absolute atomic E-state index is 12.3. The highest BCUT2D eigenvalue weighted by Crippen LogP contribution is 2.31. The Morgan fingerprint density at radius 3 is 2.41 bits per heavy atom. The molecule has 1 aromatic rings. The number of hydrogen-bond donors (Lipinski definition) is 0. The highest BCUT2D eigenvalue weighted by Gasteiger charge is 2.31. The molecule has 0 N–H and O–H groups in total. The lowest BCUT2D eigenvalue weighted by atomic mass is 10.2. The van der Waals surface area contributed by atoms with Gasteiger partial charge in [0.25, 0.3) is 0 Å². The molecule has 0 fully saturated rings. The largest absolute Gasteiger partial charge is 0.417 e. The Morgan fingerprint density at radius 2 is 2.00 bits per heavy atom. The zero-order valence-electron chi connectivity index (χ0n) is 9.02.